The van der Waals surface area contributed by atoms with Crippen LogP contribution < -0.4 is 11.2 Å². The first-order chi connectivity index (χ1) is 14.0. The third-order valence-corrected chi connectivity index (χ3v) is 4.92. The van der Waals surface area contributed by atoms with Crippen LogP contribution in [0, 0.1) is 6.92 Å². The van der Waals surface area contributed by atoms with Crippen molar-refractivity contribution in [2.45, 2.75) is 20.0 Å². The first kappa shape index (κ1) is 18.9. The zero-order valence-corrected chi connectivity index (χ0v) is 16.5. The zero-order valence-electron chi connectivity index (χ0n) is 16.5. The van der Waals surface area contributed by atoms with Crippen LogP contribution in [0.4, 0.5) is 0 Å². The third kappa shape index (κ3) is 3.29. The summed E-state index contributed by atoms with van der Waals surface area (Å²) in [7, 11) is 3.42. The van der Waals surface area contributed by atoms with Gasteiger partial charge in [0, 0.05) is 20.7 Å². The highest BCUT2D eigenvalue weighted by Crippen LogP contribution is 2.25. The van der Waals surface area contributed by atoms with Crippen LogP contribution in [0.1, 0.15) is 11.1 Å². The van der Waals surface area contributed by atoms with Gasteiger partial charge in [-0.1, -0.05) is 30.3 Å². The number of benzene rings is 1. The van der Waals surface area contributed by atoms with Gasteiger partial charge >= 0.3 is 5.69 Å². The molecule has 0 saturated carbocycles. The average molecular weight is 394 g/mol. The summed E-state index contributed by atoms with van der Waals surface area (Å²) in [5.74, 6) is 0.576. The number of aromatic nitrogens is 6. The number of ether oxygens (including phenoxy) is 1. The maximum absolute atomic E-state index is 12.7. The zero-order chi connectivity index (χ0) is 20.5. The predicted octanol–water partition coefficient (Wildman–Crippen LogP) is 1.29. The van der Waals surface area contributed by atoms with Gasteiger partial charge in [-0.25, -0.2) is 9.78 Å². The highest BCUT2D eigenvalue weighted by molar-refractivity contribution is 5.77. The van der Waals surface area contributed by atoms with Gasteiger partial charge in [0.15, 0.2) is 17.0 Å². The fraction of sp³-hybridized carbons (Fsp3) is 0.300. The van der Waals surface area contributed by atoms with E-state index in [9.17, 15) is 9.59 Å². The molecule has 3 heterocycles. The maximum atomic E-state index is 12.7. The molecule has 1 N–H and O–H groups in total. The minimum absolute atomic E-state index is 0.304. The van der Waals surface area contributed by atoms with Crippen molar-refractivity contribution < 1.29 is 4.74 Å². The summed E-state index contributed by atoms with van der Waals surface area (Å²) >= 11 is 0. The molecule has 0 aliphatic carbocycles. The molecule has 0 spiro atoms. The lowest BCUT2D eigenvalue weighted by Crippen LogP contribution is -2.31. The first-order valence-electron chi connectivity index (χ1n) is 9.26. The first-order valence-corrected chi connectivity index (χ1v) is 9.26. The Morgan fingerprint density at radius 3 is 2.55 bits per heavy atom. The molecule has 0 aliphatic rings. The largest absolute Gasteiger partial charge is 0.383 e. The normalized spacial score (nSPS) is 11.4. The van der Waals surface area contributed by atoms with E-state index in [1.54, 1.807) is 22.6 Å². The number of aromatic amines is 1. The number of methoxy groups -OCH3 is 1. The summed E-state index contributed by atoms with van der Waals surface area (Å²) in [5.41, 5.74) is 2.38. The van der Waals surface area contributed by atoms with Gasteiger partial charge in [-0.05, 0) is 18.1 Å². The topological polar surface area (TPSA) is 99.7 Å². The molecule has 0 saturated heterocycles. The maximum Gasteiger partial charge on any atom is 0.330 e. The van der Waals surface area contributed by atoms with Crippen LogP contribution >= 0.6 is 0 Å². The number of aryl methyl sites for hydroxylation is 2. The van der Waals surface area contributed by atoms with Crippen LogP contribution in [-0.2, 0) is 24.9 Å². The number of nitrogens with one attached hydrogen (secondary N) is 1. The van der Waals surface area contributed by atoms with E-state index in [1.807, 2.05) is 44.3 Å². The van der Waals surface area contributed by atoms with E-state index in [0.29, 0.717) is 36.7 Å². The van der Waals surface area contributed by atoms with Crippen molar-refractivity contribution in [3.8, 4) is 11.5 Å². The third-order valence-electron chi connectivity index (χ3n) is 4.92. The molecule has 9 heteroatoms. The SMILES string of the molecule is COCCn1c(-c2c(C)cnn2C)nc2c1c(=O)[nH]c(=O)n2Cc1ccccc1. The summed E-state index contributed by atoms with van der Waals surface area (Å²) in [6, 6.07) is 9.59. The van der Waals surface area contributed by atoms with Gasteiger partial charge in [0.2, 0.25) is 0 Å². The Morgan fingerprint density at radius 1 is 1.14 bits per heavy atom. The van der Waals surface area contributed by atoms with Gasteiger partial charge in [0.25, 0.3) is 5.56 Å². The molecule has 29 heavy (non-hydrogen) atoms. The molecule has 0 aliphatic heterocycles. The monoisotopic (exact) mass is 394 g/mol. The van der Waals surface area contributed by atoms with E-state index >= 15 is 0 Å². The summed E-state index contributed by atoms with van der Waals surface area (Å²) in [5, 5.41) is 4.29. The lowest BCUT2D eigenvalue weighted by Gasteiger charge is -2.09. The van der Waals surface area contributed by atoms with Crippen molar-refractivity contribution in [1.29, 1.82) is 0 Å². The number of hydrogen-bond acceptors (Lipinski definition) is 5. The number of fused-ring (bicyclic) bond motifs is 1. The van der Waals surface area contributed by atoms with Crippen molar-refractivity contribution in [2.75, 3.05) is 13.7 Å². The number of nitrogens with zero attached hydrogens (tertiary/aromatic N) is 5. The van der Waals surface area contributed by atoms with E-state index in [4.69, 9.17) is 9.72 Å². The molecule has 150 valence electrons. The van der Waals surface area contributed by atoms with Gasteiger partial charge in [0.05, 0.1) is 19.3 Å². The van der Waals surface area contributed by atoms with Crippen LogP contribution in [0.5, 0.6) is 0 Å². The van der Waals surface area contributed by atoms with Crippen LogP contribution in [0.25, 0.3) is 22.7 Å². The fourth-order valence-corrected chi connectivity index (χ4v) is 3.53. The van der Waals surface area contributed by atoms with E-state index < -0.39 is 11.2 Å². The molecular weight excluding hydrogens is 372 g/mol. The minimum Gasteiger partial charge on any atom is -0.383 e. The van der Waals surface area contributed by atoms with Crippen molar-refractivity contribution in [3.63, 3.8) is 0 Å². The van der Waals surface area contributed by atoms with Crippen LogP contribution in [0.3, 0.4) is 0 Å². The summed E-state index contributed by atoms with van der Waals surface area (Å²) < 4.78 is 10.2. The van der Waals surface area contributed by atoms with Gasteiger partial charge < -0.3 is 9.30 Å². The van der Waals surface area contributed by atoms with Crippen LogP contribution in [0.15, 0.2) is 46.1 Å². The molecule has 0 radical (unpaired) electrons. The Labute approximate surface area is 166 Å². The second-order valence-corrected chi connectivity index (χ2v) is 6.88. The Balaban J connectivity index is 2.02. The molecule has 4 aromatic rings. The predicted molar refractivity (Wildman–Crippen MR) is 109 cm³/mol. The molecule has 0 atom stereocenters. The molecule has 1 aromatic carbocycles. The van der Waals surface area contributed by atoms with Gasteiger partial charge in [-0.15, -0.1) is 0 Å². The number of imidazole rings is 1. The Hall–Kier alpha value is -3.46. The smallest absolute Gasteiger partial charge is 0.330 e. The second-order valence-electron chi connectivity index (χ2n) is 6.88. The molecule has 0 fully saturated rings. The van der Waals surface area contributed by atoms with Crippen LogP contribution in [0.2, 0.25) is 0 Å². The molecular formula is C20H22N6O3. The number of H-pyrrole nitrogens is 1. The van der Waals surface area contributed by atoms with Crippen molar-refractivity contribution >= 4 is 11.2 Å². The average Bonchev–Trinajstić information content (AvgIpc) is 3.24. The van der Waals surface area contributed by atoms with E-state index in [2.05, 4.69) is 10.1 Å². The standard InChI is InChI=1S/C20H22N6O3/c1-13-11-21-24(2)15(13)17-22-18-16(25(17)9-10-29-3)19(27)23-20(28)26(18)12-14-7-5-4-6-8-14/h4-8,11H,9-10,12H2,1-3H3,(H,23,27,28). The number of rotatable bonds is 6. The lowest BCUT2D eigenvalue weighted by atomic mass is 10.2. The fourth-order valence-electron chi connectivity index (χ4n) is 3.53. The van der Waals surface area contributed by atoms with Crippen molar-refractivity contribution in [2.24, 2.45) is 7.05 Å². The molecule has 4 rings (SSSR count). The summed E-state index contributed by atoms with van der Waals surface area (Å²) in [6.07, 6.45) is 1.75. The number of hydrogen-bond donors (Lipinski definition) is 1. The van der Waals surface area contributed by atoms with E-state index in [0.717, 1.165) is 16.8 Å². The highest BCUT2D eigenvalue weighted by atomic mass is 16.5. The second kappa shape index (κ2) is 7.51. The summed E-state index contributed by atoms with van der Waals surface area (Å²) in [4.78, 5) is 32.5. The van der Waals surface area contributed by atoms with E-state index in [1.165, 1.54) is 4.57 Å². The van der Waals surface area contributed by atoms with Gasteiger partial charge in [-0.3, -0.25) is 19.0 Å². The minimum atomic E-state index is -0.490. The Morgan fingerprint density at radius 2 is 1.90 bits per heavy atom. The molecule has 0 amide bonds. The summed E-state index contributed by atoms with van der Waals surface area (Å²) in [6.45, 7) is 3.05. The Kier molecular flexibility index (Phi) is 4.89. The van der Waals surface area contributed by atoms with Gasteiger partial charge in [0.1, 0.15) is 5.69 Å². The quantitative estimate of drug-likeness (QED) is 0.531. The Bertz CT molecular complexity index is 1260. The van der Waals surface area contributed by atoms with E-state index in [-0.39, 0.29) is 0 Å². The molecule has 9 nitrogen and oxygen atoms in total. The van der Waals surface area contributed by atoms with Crippen molar-refractivity contribution in [3.05, 3.63) is 68.5 Å². The molecule has 0 unspecified atom stereocenters. The highest BCUT2D eigenvalue weighted by Gasteiger charge is 2.22. The van der Waals surface area contributed by atoms with Crippen molar-refractivity contribution in [1.82, 2.24) is 28.9 Å². The molecule has 0 bridgehead atoms. The lowest BCUT2D eigenvalue weighted by molar-refractivity contribution is 0.188. The molecule has 3 aromatic heterocycles. The van der Waals surface area contributed by atoms with Gasteiger partial charge in [-0.2, -0.15) is 5.10 Å². The van der Waals surface area contributed by atoms with Crippen LogP contribution in [-0.4, -0.2) is 42.6 Å².